The molecule has 1 amide bonds. The van der Waals surface area contributed by atoms with Gasteiger partial charge in [0, 0.05) is 11.1 Å². The minimum atomic E-state index is -0.514. The van der Waals surface area contributed by atoms with Crippen LogP contribution in [0.3, 0.4) is 0 Å². The maximum absolute atomic E-state index is 13.2. The number of nitrogens with one attached hydrogen (secondary N) is 1. The summed E-state index contributed by atoms with van der Waals surface area (Å²) in [5, 5.41) is 14.4. The predicted molar refractivity (Wildman–Crippen MR) is 142 cm³/mol. The summed E-state index contributed by atoms with van der Waals surface area (Å²) in [5.74, 6) is 0.0902. The van der Waals surface area contributed by atoms with Crippen molar-refractivity contribution in [3.8, 4) is 17.6 Å². The van der Waals surface area contributed by atoms with E-state index in [-0.39, 0.29) is 18.0 Å². The van der Waals surface area contributed by atoms with Crippen LogP contribution < -0.4 is 14.8 Å². The minimum Gasteiger partial charge on any atom is -0.490 e. The highest BCUT2D eigenvalue weighted by molar-refractivity contribution is 9.10. The molecule has 0 saturated heterocycles. The maximum atomic E-state index is 13.2. The van der Waals surface area contributed by atoms with Crippen molar-refractivity contribution in [2.24, 2.45) is 0 Å². The molecule has 4 aromatic rings. The molecule has 5 nitrogen and oxygen atoms in total. The largest absolute Gasteiger partial charge is 0.490 e. The summed E-state index contributed by atoms with van der Waals surface area (Å²) in [5.41, 5.74) is 1.95. The molecule has 0 atom stereocenters. The highest BCUT2D eigenvalue weighted by atomic mass is 79.9. The lowest BCUT2D eigenvalue weighted by Crippen LogP contribution is -2.13. The van der Waals surface area contributed by atoms with E-state index in [1.807, 2.05) is 49.4 Å². The summed E-state index contributed by atoms with van der Waals surface area (Å²) in [6.07, 6.45) is 1.50. The molecule has 180 valence electrons. The average molecular weight is 545 g/mol. The molecule has 0 aliphatic rings. The van der Waals surface area contributed by atoms with Crippen LogP contribution in [0.25, 0.3) is 16.8 Å². The molecule has 4 rings (SSSR count). The molecule has 0 saturated carbocycles. The third kappa shape index (κ3) is 5.91. The first-order valence-corrected chi connectivity index (χ1v) is 12.0. The Labute approximate surface area is 216 Å². The van der Waals surface area contributed by atoms with Gasteiger partial charge in [-0.1, -0.05) is 48.5 Å². The van der Waals surface area contributed by atoms with Crippen molar-refractivity contribution in [1.29, 1.82) is 5.26 Å². The molecular weight excluding hydrogens is 523 g/mol. The van der Waals surface area contributed by atoms with E-state index >= 15 is 0 Å². The van der Waals surface area contributed by atoms with Gasteiger partial charge in [-0.05, 0) is 75.8 Å². The summed E-state index contributed by atoms with van der Waals surface area (Å²) in [4.78, 5) is 12.9. The van der Waals surface area contributed by atoms with Crippen LogP contribution in [0, 0.1) is 17.1 Å². The fourth-order valence-electron chi connectivity index (χ4n) is 3.65. The number of ether oxygens (including phenoxy) is 2. The van der Waals surface area contributed by atoms with Crippen LogP contribution >= 0.6 is 15.9 Å². The number of rotatable bonds is 8. The number of benzene rings is 4. The molecule has 7 heteroatoms. The fourth-order valence-corrected chi connectivity index (χ4v) is 4.22. The standard InChI is InChI=1S/C29H22BrFN2O3/c1-2-35-27-16-20(15-25(30)28(27)36-18-19-10-12-23(31)13-11-19)14-22(17-32)29(34)33-26-9-5-7-21-6-3-4-8-24(21)26/h3-16H,2,18H2,1H3,(H,33,34)/b22-14+. The Morgan fingerprint density at radius 3 is 2.56 bits per heavy atom. The summed E-state index contributed by atoms with van der Waals surface area (Å²) >= 11 is 3.51. The first-order chi connectivity index (χ1) is 17.5. The van der Waals surface area contributed by atoms with Crippen LogP contribution in [0.5, 0.6) is 11.5 Å². The average Bonchev–Trinajstić information content (AvgIpc) is 2.88. The third-order valence-corrected chi connectivity index (χ3v) is 5.93. The lowest BCUT2D eigenvalue weighted by atomic mass is 10.1. The zero-order valence-electron chi connectivity index (χ0n) is 19.4. The maximum Gasteiger partial charge on any atom is 0.266 e. The van der Waals surface area contributed by atoms with Gasteiger partial charge < -0.3 is 14.8 Å². The van der Waals surface area contributed by atoms with E-state index in [0.29, 0.717) is 33.8 Å². The second-order valence-electron chi connectivity index (χ2n) is 7.83. The number of amides is 1. The summed E-state index contributed by atoms with van der Waals surface area (Å²) in [6, 6.07) is 24.8. The van der Waals surface area contributed by atoms with E-state index in [1.165, 1.54) is 18.2 Å². The van der Waals surface area contributed by atoms with E-state index in [4.69, 9.17) is 9.47 Å². The Bertz CT molecular complexity index is 1470. The number of nitrogens with zero attached hydrogens (tertiary/aromatic N) is 1. The van der Waals surface area contributed by atoms with E-state index in [1.54, 1.807) is 30.3 Å². The highest BCUT2D eigenvalue weighted by Gasteiger charge is 2.15. The van der Waals surface area contributed by atoms with Gasteiger partial charge in [0.2, 0.25) is 0 Å². The van der Waals surface area contributed by atoms with Crippen LogP contribution in [0.4, 0.5) is 10.1 Å². The number of anilines is 1. The van der Waals surface area contributed by atoms with Crippen LogP contribution in [0.15, 0.2) is 88.9 Å². The first-order valence-electron chi connectivity index (χ1n) is 11.2. The predicted octanol–water partition coefficient (Wildman–Crippen LogP) is 7.26. The smallest absolute Gasteiger partial charge is 0.266 e. The van der Waals surface area contributed by atoms with Gasteiger partial charge in [-0.25, -0.2) is 4.39 Å². The summed E-state index contributed by atoms with van der Waals surface area (Å²) in [7, 11) is 0. The molecule has 36 heavy (non-hydrogen) atoms. The fraction of sp³-hybridized carbons (Fsp3) is 0.103. The lowest BCUT2D eigenvalue weighted by molar-refractivity contribution is -0.112. The third-order valence-electron chi connectivity index (χ3n) is 5.34. The Balaban J connectivity index is 1.59. The van der Waals surface area contributed by atoms with Gasteiger partial charge in [-0.15, -0.1) is 0 Å². The molecule has 0 radical (unpaired) electrons. The van der Waals surface area contributed by atoms with Crippen molar-refractivity contribution in [2.45, 2.75) is 13.5 Å². The molecule has 0 unspecified atom stereocenters. The molecule has 0 aliphatic heterocycles. The van der Waals surface area contributed by atoms with Crippen molar-refractivity contribution >= 4 is 44.4 Å². The zero-order chi connectivity index (χ0) is 25.5. The van der Waals surface area contributed by atoms with Gasteiger partial charge in [0.05, 0.1) is 11.1 Å². The van der Waals surface area contributed by atoms with E-state index in [9.17, 15) is 14.4 Å². The zero-order valence-corrected chi connectivity index (χ0v) is 21.0. The number of carbonyl (C=O) groups excluding carboxylic acids is 1. The van der Waals surface area contributed by atoms with Crippen LogP contribution in [0.2, 0.25) is 0 Å². The number of hydrogen-bond donors (Lipinski definition) is 1. The van der Waals surface area contributed by atoms with Gasteiger partial charge in [0.15, 0.2) is 11.5 Å². The van der Waals surface area contributed by atoms with Gasteiger partial charge in [-0.3, -0.25) is 4.79 Å². The van der Waals surface area contributed by atoms with Gasteiger partial charge in [-0.2, -0.15) is 5.26 Å². The van der Waals surface area contributed by atoms with Gasteiger partial charge >= 0.3 is 0 Å². The number of halogens is 2. The van der Waals surface area contributed by atoms with Gasteiger partial charge in [0.1, 0.15) is 24.1 Å². The van der Waals surface area contributed by atoms with Crippen LogP contribution in [-0.2, 0) is 11.4 Å². The number of carbonyl (C=O) groups is 1. The molecule has 0 spiro atoms. The summed E-state index contributed by atoms with van der Waals surface area (Å²) in [6.45, 7) is 2.45. The van der Waals surface area contributed by atoms with Crippen molar-refractivity contribution in [2.75, 3.05) is 11.9 Å². The van der Waals surface area contributed by atoms with Crippen LogP contribution in [-0.4, -0.2) is 12.5 Å². The van der Waals surface area contributed by atoms with E-state index in [0.717, 1.165) is 16.3 Å². The topological polar surface area (TPSA) is 71.3 Å². The number of fused-ring (bicyclic) bond motifs is 1. The second kappa shape index (κ2) is 11.5. The highest BCUT2D eigenvalue weighted by Crippen LogP contribution is 2.38. The molecule has 0 bridgehead atoms. The first kappa shape index (κ1) is 25.0. The number of nitriles is 1. The Hall–Kier alpha value is -4.15. The SMILES string of the molecule is CCOc1cc(/C=C(\C#N)C(=O)Nc2cccc3ccccc23)cc(Br)c1OCc1ccc(F)cc1. The normalized spacial score (nSPS) is 11.1. The van der Waals surface area contributed by atoms with Gasteiger partial charge in [0.25, 0.3) is 5.91 Å². The van der Waals surface area contributed by atoms with Crippen molar-refractivity contribution in [3.63, 3.8) is 0 Å². The van der Waals surface area contributed by atoms with E-state index < -0.39 is 5.91 Å². The van der Waals surface area contributed by atoms with Crippen molar-refractivity contribution in [1.82, 2.24) is 0 Å². The Morgan fingerprint density at radius 2 is 1.81 bits per heavy atom. The van der Waals surface area contributed by atoms with Crippen LogP contribution in [0.1, 0.15) is 18.1 Å². The molecule has 0 aliphatic carbocycles. The minimum absolute atomic E-state index is 0.0581. The summed E-state index contributed by atoms with van der Waals surface area (Å²) < 4.78 is 25.5. The Kier molecular flexibility index (Phi) is 7.99. The molecule has 4 aromatic carbocycles. The molecular formula is C29H22BrFN2O3. The second-order valence-corrected chi connectivity index (χ2v) is 8.68. The van der Waals surface area contributed by atoms with Crippen molar-refractivity contribution in [3.05, 3.63) is 106 Å². The molecule has 0 aromatic heterocycles. The van der Waals surface area contributed by atoms with E-state index in [2.05, 4.69) is 21.2 Å². The van der Waals surface area contributed by atoms with Crippen molar-refractivity contribution < 1.29 is 18.7 Å². The monoisotopic (exact) mass is 544 g/mol. The molecule has 1 N–H and O–H groups in total. The lowest BCUT2D eigenvalue weighted by Gasteiger charge is -2.15. The number of hydrogen-bond acceptors (Lipinski definition) is 4. The molecule has 0 fully saturated rings. The Morgan fingerprint density at radius 1 is 1.06 bits per heavy atom. The molecule has 0 heterocycles. The quantitative estimate of drug-likeness (QED) is 0.187.